The van der Waals surface area contributed by atoms with Crippen LogP contribution in [0.1, 0.15) is 12.5 Å². The number of pyridine rings is 1. The largest absolute Gasteiger partial charge is 0.340 e. The zero-order valence-corrected chi connectivity index (χ0v) is 14.0. The van der Waals surface area contributed by atoms with Crippen LogP contribution in [-0.4, -0.2) is 15.0 Å². The summed E-state index contributed by atoms with van der Waals surface area (Å²) in [7, 11) is 0. The van der Waals surface area contributed by atoms with Gasteiger partial charge in [0.1, 0.15) is 5.82 Å². The molecular formula is C21H18N4. The van der Waals surface area contributed by atoms with E-state index >= 15 is 0 Å². The monoisotopic (exact) mass is 326 g/mol. The van der Waals surface area contributed by atoms with Crippen molar-refractivity contribution in [3.63, 3.8) is 0 Å². The average molecular weight is 326 g/mol. The van der Waals surface area contributed by atoms with E-state index in [-0.39, 0.29) is 0 Å². The summed E-state index contributed by atoms with van der Waals surface area (Å²) >= 11 is 0. The summed E-state index contributed by atoms with van der Waals surface area (Å²) in [6.07, 6.45) is 4.53. The lowest BCUT2D eigenvalue weighted by Gasteiger charge is -2.11. The predicted octanol–water partition coefficient (Wildman–Crippen LogP) is 5.00. The summed E-state index contributed by atoms with van der Waals surface area (Å²) in [5.41, 5.74) is 4.13. The van der Waals surface area contributed by atoms with Crippen molar-refractivity contribution in [2.45, 2.75) is 13.3 Å². The number of para-hydroxylation sites is 1. The highest BCUT2D eigenvalue weighted by atomic mass is 15.0. The van der Waals surface area contributed by atoms with Crippen molar-refractivity contribution in [1.29, 1.82) is 0 Å². The zero-order valence-electron chi connectivity index (χ0n) is 14.0. The van der Waals surface area contributed by atoms with Crippen LogP contribution in [-0.2, 0) is 6.42 Å². The molecule has 0 unspecified atom stereocenters. The first kappa shape index (κ1) is 15.3. The summed E-state index contributed by atoms with van der Waals surface area (Å²) < 4.78 is 0. The molecule has 4 heteroatoms. The van der Waals surface area contributed by atoms with Crippen molar-refractivity contribution in [2.75, 3.05) is 5.32 Å². The molecule has 0 saturated carbocycles. The molecule has 2 aromatic heterocycles. The van der Waals surface area contributed by atoms with E-state index in [0.29, 0.717) is 5.82 Å². The van der Waals surface area contributed by atoms with Gasteiger partial charge in [-0.2, -0.15) is 0 Å². The Morgan fingerprint density at radius 2 is 1.84 bits per heavy atom. The highest BCUT2D eigenvalue weighted by Gasteiger charge is 2.09. The Labute approximate surface area is 146 Å². The quantitative estimate of drug-likeness (QED) is 0.573. The Bertz CT molecular complexity index is 1010. The van der Waals surface area contributed by atoms with Gasteiger partial charge in [-0.3, -0.25) is 4.98 Å². The fourth-order valence-electron chi connectivity index (χ4n) is 2.80. The van der Waals surface area contributed by atoms with Gasteiger partial charge >= 0.3 is 0 Å². The molecular weight excluding hydrogens is 308 g/mol. The topological polar surface area (TPSA) is 50.7 Å². The van der Waals surface area contributed by atoms with Crippen molar-refractivity contribution in [2.24, 2.45) is 0 Å². The summed E-state index contributed by atoms with van der Waals surface area (Å²) in [4.78, 5) is 13.6. The van der Waals surface area contributed by atoms with E-state index < -0.39 is 0 Å². The SMILES string of the molecule is CCc1cccc(Nc2nc(-c3cccnc3)nc3ccccc23)c1. The number of fused-ring (bicyclic) bond motifs is 1. The highest BCUT2D eigenvalue weighted by molar-refractivity contribution is 5.92. The summed E-state index contributed by atoms with van der Waals surface area (Å²) in [6, 6.07) is 20.3. The van der Waals surface area contributed by atoms with E-state index in [0.717, 1.165) is 34.4 Å². The number of anilines is 2. The number of hydrogen-bond donors (Lipinski definition) is 1. The Morgan fingerprint density at radius 3 is 2.68 bits per heavy atom. The normalized spacial score (nSPS) is 10.8. The fraction of sp³-hybridized carbons (Fsp3) is 0.0952. The average Bonchev–Trinajstić information content (AvgIpc) is 2.69. The molecule has 4 nitrogen and oxygen atoms in total. The first-order valence-electron chi connectivity index (χ1n) is 8.36. The predicted molar refractivity (Wildman–Crippen MR) is 102 cm³/mol. The van der Waals surface area contributed by atoms with Gasteiger partial charge in [0.05, 0.1) is 5.52 Å². The van der Waals surface area contributed by atoms with Gasteiger partial charge in [-0.15, -0.1) is 0 Å². The maximum atomic E-state index is 4.76. The lowest BCUT2D eigenvalue weighted by Crippen LogP contribution is -2.00. The summed E-state index contributed by atoms with van der Waals surface area (Å²) in [6.45, 7) is 2.15. The zero-order chi connectivity index (χ0) is 17.1. The number of rotatable bonds is 4. The van der Waals surface area contributed by atoms with E-state index in [1.807, 2.05) is 36.4 Å². The van der Waals surface area contributed by atoms with Crippen molar-refractivity contribution in [3.05, 3.63) is 78.6 Å². The van der Waals surface area contributed by atoms with Gasteiger partial charge < -0.3 is 5.32 Å². The molecule has 0 aliphatic heterocycles. The van der Waals surface area contributed by atoms with Crippen LogP contribution in [0.3, 0.4) is 0 Å². The van der Waals surface area contributed by atoms with Crippen LogP contribution in [0, 0.1) is 0 Å². The van der Waals surface area contributed by atoms with Gasteiger partial charge in [-0.25, -0.2) is 9.97 Å². The van der Waals surface area contributed by atoms with Gasteiger partial charge in [-0.1, -0.05) is 31.2 Å². The molecule has 1 N–H and O–H groups in total. The Hall–Kier alpha value is -3.27. The van der Waals surface area contributed by atoms with E-state index in [4.69, 9.17) is 9.97 Å². The molecule has 4 rings (SSSR count). The van der Waals surface area contributed by atoms with Crippen LogP contribution in [0.4, 0.5) is 11.5 Å². The van der Waals surface area contributed by atoms with Gasteiger partial charge in [0.25, 0.3) is 0 Å². The molecule has 0 fully saturated rings. The van der Waals surface area contributed by atoms with Crippen LogP contribution in [0.25, 0.3) is 22.3 Å². The Kier molecular flexibility index (Phi) is 4.09. The van der Waals surface area contributed by atoms with E-state index in [9.17, 15) is 0 Å². The third-order valence-electron chi connectivity index (χ3n) is 4.12. The molecule has 2 aromatic carbocycles. The maximum absolute atomic E-state index is 4.76. The van der Waals surface area contributed by atoms with Crippen LogP contribution in [0.2, 0.25) is 0 Å². The Balaban J connectivity index is 1.83. The molecule has 2 heterocycles. The Morgan fingerprint density at radius 1 is 0.920 bits per heavy atom. The second-order valence-electron chi connectivity index (χ2n) is 5.83. The molecule has 0 spiro atoms. The number of aryl methyl sites for hydroxylation is 1. The van der Waals surface area contributed by atoms with Crippen LogP contribution >= 0.6 is 0 Å². The van der Waals surface area contributed by atoms with E-state index in [1.54, 1.807) is 12.4 Å². The number of aromatic nitrogens is 3. The lowest BCUT2D eigenvalue weighted by molar-refractivity contribution is 1.14. The van der Waals surface area contributed by atoms with Crippen LogP contribution in [0.15, 0.2) is 73.1 Å². The fourth-order valence-corrected chi connectivity index (χ4v) is 2.80. The molecule has 0 aliphatic rings. The van der Waals surface area contributed by atoms with Gasteiger partial charge in [0.15, 0.2) is 5.82 Å². The standard InChI is InChI=1S/C21H18N4/c1-2-15-7-5-9-17(13-15)23-21-18-10-3-4-11-19(18)24-20(25-21)16-8-6-12-22-14-16/h3-14H,2H2,1H3,(H,23,24,25). The molecule has 122 valence electrons. The third kappa shape index (κ3) is 3.19. The van der Waals surface area contributed by atoms with E-state index in [1.165, 1.54) is 5.56 Å². The molecule has 0 saturated heterocycles. The summed E-state index contributed by atoms with van der Waals surface area (Å²) in [5.74, 6) is 1.47. The van der Waals surface area contributed by atoms with Crippen molar-refractivity contribution < 1.29 is 0 Å². The molecule has 0 radical (unpaired) electrons. The van der Waals surface area contributed by atoms with Crippen molar-refractivity contribution >= 4 is 22.4 Å². The lowest BCUT2D eigenvalue weighted by atomic mass is 10.1. The number of nitrogens with zero attached hydrogens (tertiary/aromatic N) is 3. The molecule has 0 atom stereocenters. The van der Waals surface area contributed by atoms with Gasteiger partial charge in [-0.05, 0) is 48.4 Å². The third-order valence-corrected chi connectivity index (χ3v) is 4.12. The van der Waals surface area contributed by atoms with Crippen LogP contribution in [0.5, 0.6) is 0 Å². The van der Waals surface area contributed by atoms with Crippen molar-refractivity contribution in [1.82, 2.24) is 15.0 Å². The van der Waals surface area contributed by atoms with Gasteiger partial charge in [0, 0.05) is 29.0 Å². The molecule has 0 amide bonds. The number of hydrogen-bond acceptors (Lipinski definition) is 4. The number of nitrogens with one attached hydrogen (secondary N) is 1. The van der Waals surface area contributed by atoms with Crippen LogP contribution < -0.4 is 5.32 Å². The molecule has 0 bridgehead atoms. The second kappa shape index (κ2) is 6.69. The molecule has 4 aromatic rings. The smallest absolute Gasteiger partial charge is 0.163 e. The first-order chi connectivity index (χ1) is 12.3. The van der Waals surface area contributed by atoms with Gasteiger partial charge in [0.2, 0.25) is 0 Å². The first-order valence-corrected chi connectivity index (χ1v) is 8.36. The second-order valence-corrected chi connectivity index (χ2v) is 5.83. The van der Waals surface area contributed by atoms with E-state index in [2.05, 4.69) is 41.5 Å². The summed E-state index contributed by atoms with van der Waals surface area (Å²) in [5, 5.41) is 4.46. The number of benzene rings is 2. The minimum absolute atomic E-state index is 0.668. The minimum Gasteiger partial charge on any atom is -0.340 e. The van der Waals surface area contributed by atoms with Crippen molar-refractivity contribution in [3.8, 4) is 11.4 Å². The highest BCUT2D eigenvalue weighted by Crippen LogP contribution is 2.27. The molecule has 0 aliphatic carbocycles. The maximum Gasteiger partial charge on any atom is 0.163 e. The molecule has 25 heavy (non-hydrogen) atoms. The minimum atomic E-state index is 0.668.